The molecule has 0 aliphatic heterocycles. The van der Waals surface area contributed by atoms with Crippen molar-refractivity contribution in [2.75, 3.05) is 6.54 Å². The second kappa shape index (κ2) is 7.12. The molecule has 2 atom stereocenters. The summed E-state index contributed by atoms with van der Waals surface area (Å²) in [6.07, 6.45) is -0.682. The lowest BCUT2D eigenvalue weighted by atomic mass is 10.1. The van der Waals surface area contributed by atoms with Crippen LogP contribution < -0.4 is 5.32 Å². The first-order valence-electron chi connectivity index (χ1n) is 6.81. The maximum absolute atomic E-state index is 10.3. The molecule has 0 spiro atoms. The highest BCUT2D eigenvalue weighted by Gasteiger charge is 2.15. The van der Waals surface area contributed by atoms with E-state index in [1.807, 2.05) is 0 Å². The number of aliphatic hydroxyl groups is 1. The molecule has 1 aromatic heterocycles. The molecule has 0 saturated carbocycles. The molecule has 1 heterocycles. The number of aryl methyl sites for hydroxylation is 2. The first-order valence-corrected chi connectivity index (χ1v) is 8.39. The summed E-state index contributed by atoms with van der Waals surface area (Å²) in [7, 11) is 0. The molecule has 0 radical (unpaired) electrons. The van der Waals surface area contributed by atoms with Crippen molar-refractivity contribution in [1.29, 1.82) is 0 Å². The second-order valence-corrected chi connectivity index (χ2v) is 7.48. The largest absolute Gasteiger partial charge is 0.387 e. The van der Waals surface area contributed by atoms with Gasteiger partial charge in [0.1, 0.15) is 0 Å². The Balaban J connectivity index is 2.02. The Morgan fingerprint density at radius 1 is 1.19 bits per heavy atom. The lowest BCUT2D eigenvalue weighted by molar-refractivity contribution is 0.171. The zero-order valence-corrected chi connectivity index (χ0v) is 14.6. The normalized spacial score (nSPS) is 14.2. The van der Waals surface area contributed by atoms with Crippen LogP contribution in [-0.4, -0.2) is 11.7 Å². The Morgan fingerprint density at radius 3 is 2.52 bits per heavy atom. The number of aliphatic hydroxyl groups excluding tert-OH is 1. The summed E-state index contributed by atoms with van der Waals surface area (Å²) < 4.78 is 0. The van der Waals surface area contributed by atoms with E-state index >= 15 is 0 Å². The van der Waals surface area contributed by atoms with Gasteiger partial charge in [-0.3, -0.25) is 0 Å². The van der Waals surface area contributed by atoms with Crippen molar-refractivity contribution in [2.45, 2.75) is 32.9 Å². The van der Waals surface area contributed by atoms with Crippen LogP contribution in [0.4, 0.5) is 0 Å². The number of nitrogens with one attached hydrogen (secondary N) is 1. The van der Waals surface area contributed by atoms with Gasteiger partial charge >= 0.3 is 0 Å². The Morgan fingerprint density at radius 2 is 1.90 bits per heavy atom. The highest BCUT2D eigenvalue weighted by Crippen LogP contribution is 2.28. The third-order valence-corrected chi connectivity index (χ3v) is 5.04. The highest BCUT2D eigenvalue weighted by molar-refractivity contribution is 7.12. The van der Waals surface area contributed by atoms with Crippen molar-refractivity contribution in [2.24, 2.45) is 0 Å². The molecule has 0 fully saturated rings. The molecule has 0 saturated heterocycles. The van der Waals surface area contributed by atoms with Crippen molar-refractivity contribution in [3.63, 3.8) is 0 Å². The van der Waals surface area contributed by atoms with Crippen LogP contribution in [0, 0.1) is 13.8 Å². The summed E-state index contributed by atoms with van der Waals surface area (Å²) in [4.78, 5) is 2.61. The third kappa shape index (κ3) is 4.21. The minimum Gasteiger partial charge on any atom is -0.387 e. The Kier molecular flexibility index (Phi) is 5.69. The van der Waals surface area contributed by atoms with Gasteiger partial charge in [-0.05, 0) is 50.6 Å². The predicted octanol–water partition coefficient (Wildman–Crippen LogP) is 5.06. The molecule has 2 unspecified atom stereocenters. The molecule has 2 N–H and O–H groups in total. The zero-order chi connectivity index (χ0) is 15.6. The smallest absolute Gasteiger partial charge is 0.0929 e. The van der Waals surface area contributed by atoms with Gasteiger partial charge in [-0.1, -0.05) is 23.2 Å². The monoisotopic (exact) mass is 343 g/mol. The van der Waals surface area contributed by atoms with Crippen LogP contribution in [0.1, 0.15) is 40.0 Å². The lowest BCUT2D eigenvalue weighted by Gasteiger charge is -2.18. The van der Waals surface area contributed by atoms with Crippen molar-refractivity contribution < 1.29 is 5.11 Å². The van der Waals surface area contributed by atoms with Gasteiger partial charge in [-0.25, -0.2) is 0 Å². The fraction of sp³-hybridized carbons (Fsp3) is 0.375. The number of rotatable bonds is 5. The molecule has 2 rings (SSSR count). The predicted molar refractivity (Wildman–Crippen MR) is 91.6 cm³/mol. The van der Waals surface area contributed by atoms with E-state index in [9.17, 15) is 5.11 Å². The molecule has 1 aromatic carbocycles. The number of thiophene rings is 1. The van der Waals surface area contributed by atoms with Gasteiger partial charge in [0.15, 0.2) is 0 Å². The van der Waals surface area contributed by atoms with E-state index in [0.717, 1.165) is 0 Å². The van der Waals surface area contributed by atoms with Crippen molar-refractivity contribution in [3.05, 3.63) is 55.2 Å². The molecule has 0 amide bonds. The maximum Gasteiger partial charge on any atom is 0.0929 e. The summed E-state index contributed by atoms with van der Waals surface area (Å²) in [5, 5.41) is 14.8. The molecular formula is C16H19Cl2NOS. The van der Waals surface area contributed by atoms with E-state index in [2.05, 4.69) is 32.2 Å². The number of hydrogen-bond acceptors (Lipinski definition) is 3. The molecule has 0 aliphatic rings. The van der Waals surface area contributed by atoms with Gasteiger partial charge in [0.2, 0.25) is 0 Å². The van der Waals surface area contributed by atoms with Crippen LogP contribution in [0.15, 0.2) is 24.3 Å². The van der Waals surface area contributed by atoms with E-state index in [4.69, 9.17) is 23.2 Å². The summed E-state index contributed by atoms with van der Waals surface area (Å²) in [5.41, 5.74) is 1.93. The van der Waals surface area contributed by atoms with Gasteiger partial charge < -0.3 is 10.4 Å². The number of benzene rings is 1. The fourth-order valence-electron chi connectivity index (χ4n) is 2.36. The Hall–Kier alpha value is -0.580. The fourth-order valence-corrected chi connectivity index (χ4v) is 3.81. The lowest BCUT2D eigenvalue weighted by Crippen LogP contribution is -2.25. The van der Waals surface area contributed by atoms with Crippen LogP contribution in [-0.2, 0) is 0 Å². The maximum atomic E-state index is 10.3. The summed E-state index contributed by atoms with van der Waals surface area (Å²) in [6, 6.07) is 7.51. The summed E-state index contributed by atoms with van der Waals surface area (Å²) >= 11 is 13.9. The minimum absolute atomic E-state index is 0.183. The number of hydrogen-bond donors (Lipinski definition) is 2. The van der Waals surface area contributed by atoms with Crippen LogP contribution in [0.3, 0.4) is 0 Å². The zero-order valence-electron chi connectivity index (χ0n) is 12.3. The average Bonchev–Trinajstić information content (AvgIpc) is 2.77. The number of halogens is 2. The van der Waals surface area contributed by atoms with Crippen molar-refractivity contribution in [3.8, 4) is 0 Å². The van der Waals surface area contributed by atoms with Gasteiger partial charge in [-0.2, -0.15) is 0 Å². The van der Waals surface area contributed by atoms with Crippen molar-refractivity contribution in [1.82, 2.24) is 5.32 Å². The minimum atomic E-state index is -0.682. The average molecular weight is 344 g/mol. The van der Waals surface area contributed by atoms with Gasteiger partial charge in [0, 0.05) is 37.9 Å². The second-order valence-electron chi connectivity index (χ2n) is 5.18. The standard InChI is InChI=1S/C16H19Cl2NOS/c1-9-6-13(11(3)21-9)10(2)19-8-16(20)14-7-12(17)4-5-15(14)18/h4-7,10,16,19-20H,8H2,1-3H3. The molecule has 0 aliphatic carbocycles. The first kappa shape index (κ1) is 16.8. The topological polar surface area (TPSA) is 32.3 Å². The van der Waals surface area contributed by atoms with Crippen molar-refractivity contribution >= 4 is 34.5 Å². The Labute approximate surface area is 139 Å². The molecule has 5 heteroatoms. The third-order valence-electron chi connectivity index (χ3n) is 3.48. The van der Waals surface area contributed by atoms with Gasteiger partial charge in [0.25, 0.3) is 0 Å². The molecule has 114 valence electrons. The molecule has 2 nitrogen and oxygen atoms in total. The molecule has 21 heavy (non-hydrogen) atoms. The van der Waals surface area contributed by atoms with Gasteiger partial charge in [0.05, 0.1) is 6.10 Å². The van der Waals surface area contributed by atoms with E-state index < -0.39 is 6.10 Å². The first-order chi connectivity index (χ1) is 9.88. The molecule has 0 bridgehead atoms. The summed E-state index contributed by atoms with van der Waals surface area (Å²) in [6.45, 7) is 6.75. The van der Waals surface area contributed by atoms with E-state index in [1.165, 1.54) is 15.3 Å². The summed E-state index contributed by atoms with van der Waals surface area (Å²) in [5.74, 6) is 0. The van der Waals surface area contributed by atoms with E-state index in [-0.39, 0.29) is 6.04 Å². The van der Waals surface area contributed by atoms with Crippen LogP contribution >= 0.6 is 34.5 Å². The van der Waals surface area contributed by atoms with Crippen LogP contribution in [0.5, 0.6) is 0 Å². The SMILES string of the molecule is Cc1cc(C(C)NCC(O)c2cc(Cl)ccc2Cl)c(C)s1. The van der Waals surface area contributed by atoms with Crippen LogP contribution in [0.2, 0.25) is 10.0 Å². The molecular weight excluding hydrogens is 325 g/mol. The van der Waals surface area contributed by atoms with E-state index in [1.54, 1.807) is 29.5 Å². The van der Waals surface area contributed by atoms with E-state index in [0.29, 0.717) is 22.2 Å². The molecule has 2 aromatic rings. The Bertz CT molecular complexity index is 627. The van der Waals surface area contributed by atoms with Gasteiger partial charge in [-0.15, -0.1) is 11.3 Å². The highest BCUT2D eigenvalue weighted by atomic mass is 35.5. The van der Waals surface area contributed by atoms with Crippen LogP contribution in [0.25, 0.3) is 0 Å². The quantitative estimate of drug-likeness (QED) is 0.795.